The SMILES string of the molecule is CC(ONCc1ccc(OCc2ccccc2P)cc1)C(=O)NC(=O)N=[N+]=[N-]. The number of urea groups is 1. The molecule has 3 amide bonds. The number of hydroxylamine groups is 1. The summed E-state index contributed by atoms with van der Waals surface area (Å²) < 4.78 is 5.77. The van der Waals surface area contributed by atoms with Gasteiger partial charge in [-0.1, -0.05) is 36.4 Å². The largest absolute Gasteiger partial charge is 0.489 e. The van der Waals surface area contributed by atoms with E-state index >= 15 is 0 Å². The van der Waals surface area contributed by atoms with Gasteiger partial charge in [0, 0.05) is 16.6 Å². The van der Waals surface area contributed by atoms with Crippen molar-refractivity contribution in [1.29, 1.82) is 0 Å². The minimum Gasteiger partial charge on any atom is -0.489 e. The Morgan fingerprint density at radius 3 is 2.61 bits per heavy atom. The van der Waals surface area contributed by atoms with Gasteiger partial charge >= 0.3 is 6.03 Å². The molecule has 0 saturated carbocycles. The second-order valence-corrected chi connectivity index (χ2v) is 6.32. The first-order chi connectivity index (χ1) is 13.5. The number of hydrogen-bond acceptors (Lipinski definition) is 5. The molecule has 2 atom stereocenters. The molecule has 0 aliphatic rings. The number of nitrogens with one attached hydrogen (secondary N) is 2. The Morgan fingerprint density at radius 1 is 1.21 bits per heavy atom. The Hall–Kier alpha value is -2.96. The molecule has 2 unspecified atom stereocenters. The van der Waals surface area contributed by atoms with Crippen LogP contribution in [0.5, 0.6) is 5.75 Å². The third kappa shape index (κ3) is 6.98. The van der Waals surface area contributed by atoms with E-state index in [9.17, 15) is 9.59 Å². The lowest BCUT2D eigenvalue weighted by Crippen LogP contribution is -2.39. The number of ether oxygens (including phenoxy) is 1. The summed E-state index contributed by atoms with van der Waals surface area (Å²) in [6, 6.07) is 14.3. The predicted octanol–water partition coefficient (Wildman–Crippen LogP) is 2.72. The number of imide groups is 1. The standard InChI is InChI=1S/C18H20N5O4P/c1-12(17(24)21-18(25)22-23-19)27-20-10-13-6-8-15(9-7-13)26-11-14-4-2-3-5-16(14)28/h2-9,12,20H,10-11,28H2,1H3,(H,21,24,25). The van der Waals surface area contributed by atoms with E-state index in [-0.39, 0.29) is 0 Å². The van der Waals surface area contributed by atoms with Gasteiger partial charge in [-0.2, -0.15) is 5.48 Å². The van der Waals surface area contributed by atoms with Gasteiger partial charge in [-0.15, -0.1) is 9.24 Å². The van der Waals surface area contributed by atoms with E-state index in [1.165, 1.54) is 6.92 Å². The molecule has 0 heterocycles. The van der Waals surface area contributed by atoms with Crippen molar-refractivity contribution < 1.29 is 19.2 Å². The quantitative estimate of drug-likeness (QED) is 0.231. The van der Waals surface area contributed by atoms with Crippen LogP contribution in [0.3, 0.4) is 0 Å². The molecule has 0 radical (unpaired) electrons. The third-order valence-electron chi connectivity index (χ3n) is 3.64. The number of azide groups is 1. The number of amides is 3. The van der Waals surface area contributed by atoms with E-state index in [1.807, 2.05) is 53.8 Å². The maximum absolute atomic E-state index is 11.6. The molecule has 0 fully saturated rings. The van der Waals surface area contributed by atoms with E-state index < -0.39 is 18.0 Å². The summed E-state index contributed by atoms with van der Waals surface area (Å²) >= 11 is 0. The van der Waals surface area contributed by atoms with E-state index in [0.29, 0.717) is 13.2 Å². The van der Waals surface area contributed by atoms with Crippen molar-refractivity contribution in [1.82, 2.24) is 10.8 Å². The molecular formula is C18H20N5O4P. The maximum Gasteiger partial charge on any atom is 0.314 e. The highest BCUT2D eigenvalue weighted by Crippen LogP contribution is 2.14. The molecule has 0 aliphatic carbocycles. The molecule has 28 heavy (non-hydrogen) atoms. The molecule has 0 saturated heterocycles. The number of benzene rings is 2. The summed E-state index contributed by atoms with van der Waals surface area (Å²) in [5, 5.41) is 5.73. The van der Waals surface area contributed by atoms with Crippen molar-refractivity contribution in [3.8, 4) is 5.75 Å². The third-order valence-corrected chi connectivity index (χ3v) is 4.21. The minimum absolute atomic E-state index is 0.344. The van der Waals surface area contributed by atoms with E-state index in [1.54, 1.807) is 0 Å². The monoisotopic (exact) mass is 401 g/mol. The Morgan fingerprint density at radius 2 is 1.93 bits per heavy atom. The summed E-state index contributed by atoms with van der Waals surface area (Å²) in [4.78, 5) is 30.1. The van der Waals surface area contributed by atoms with Crippen LogP contribution >= 0.6 is 9.24 Å². The molecule has 0 aromatic heterocycles. The van der Waals surface area contributed by atoms with Crippen LogP contribution in [0.15, 0.2) is 53.6 Å². The Bertz CT molecular complexity index is 869. The van der Waals surface area contributed by atoms with E-state index in [4.69, 9.17) is 15.1 Å². The molecule has 2 rings (SSSR count). The van der Waals surface area contributed by atoms with Crippen molar-refractivity contribution in [2.24, 2.45) is 5.11 Å². The van der Waals surface area contributed by atoms with Crippen LogP contribution < -0.4 is 20.8 Å². The van der Waals surface area contributed by atoms with Crippen LogP contribution in [0.2, 0.25) is 0 Å². The first-order valence-corrected chi connectivity index (χ1v) is 8.91. The zero-order chi connectivity index (χ0) is 20.4. The molecule has 9 nitrogen and oxygen atoms in total. The molecule has 10 heteroatoms. The molecule has 0 bridgehead atoms. The average molecular weight is 401 g/mol. The number of hydrogen-bond donors (Lipinski definition) is 2. The van der Waals surface area contributed by atoms with Gasteiger partial charge in [-0.05, 0) is 41.0 Å². The Kier molecular flexibility index (Phi) is 8.39. The lowest BCUT2D eigenvalue weighted by atomic mass is 10.2. The summed E-state index contributed by atoms with van der Waals surface area (Å²) in [6.07, 6.45) is -0.951. The molecular weight excluding hydrogens is 381 g/mol. The zero-order valence-corrected chi connectivity index (χ0v) is 16.3. The topological polar surface area (TPSA) is 125 Å². The van der Waals surface area contributed by atoms with Crippen molar-refractivity contribution in [3.63, 3.8) is 0 Å². The van der Waals surface area contributed by atoms with Crippen LogP contribution in [0.25, 0.3) is 10.4 Å². The number of carbonyl (C=O) groups excluding carboxylic acids is 2. The zero-order valence-electron chi connectivity index (χ0n) is 15.2. The van der Waals surface area contributed by atoms with Gasteiger partial charge in [-0.3, -0.25) is 19.7 Å². The van der Waals surface area contributed by atoms with Gasteiger partial charge in [0.25, 0.3) is 5.91 Å². The van der Waals surface area contributed by atoms with Crippen molar-refractivity contribution in [2.45, 2.75) is 26.2 Å². The van der Waals surface area contributed by atoms with Gasteiger partial charge in [0.05, 0.1) is 0 Å². The highest BCUT2D eigenvalue weighted by Gasteiger charge is 2.15. The van der Waals surface area contributed by atoms with Gasteiger partial charge in [0.2, 0.25) is 0 Å². The fourth-order valence-electron chi connectivity index (χ4n) is 2.11. The second kappa shape index (κ2) is 11.0. The van der Waals surface area contributed by atoms with Gasteiger partial charge < -0.3 is 4.74 Å². The predicted molar refractivity (Wildman–Crippen MR) is 107 cm³/mol. The summed E-state index contributed by atoms with van der Waals surface area (Å²) in [7, 11) is 2.68. The van der Waals surface area contributed by atoms with Gasteiger partial charge in [-0.25, -0.2) is 0 Å². The second-order valence-electron chi connectivity index (χ2n) is 5.70. The normalized spacial score (nSPS) is 11.2. The Balaban J connectivity index is 1.75. The molecule has 0 aliphatic heterocycles. The molecule has 2 N–H and O–H groups in total. The highest BCUT2D eigenvalue weighted by atomic mass is 31.0. The fraction of sp³-hybridized carbons (Fsp3) is 0.222. The maximum atomic E-state index is 11.6. The lowest BCUT2D eigenvalue weighted by molar-refractivity contribution is -0.135. The van der Waals surface area contributed by atoms with Gasteiger partial charge in [0.15, 0.2) is 6.10 Å². The molecule has 2 aromatic carbocycles. The Labute approximate surface area is 164 Å². The lowest BCUT2D eigenvalue weighted by Gasteiger charge is -2.13. The fourth-order valence-corrected chi connectivity index (χ4v) is 2.40. The number of rotatable bonds is 8. The van der Waals surface area contributed by atoms with E-state index in [2.05, 4.69) is 24.7 Å². The first-order valence-electron chi connectivity index (χ1n) is 8.33. The number of nitrogens with zero attached hydrogens (tertiary/aromatic N) is 3. The average Bonchev–Trinajstić information content (AvgIpc) is 2.68. The smallest absolute Gasteiger partial charge is 0.314 e. The van der Waals surface area contributed by atoms with Crippen molar-refractivity contribution in [2.75, 3.05) is 0 Å². The molecule has 0 spiro atoms. The minimum atomic E-state index is -1.08. The summed E-state index contributed by atoms with van der Waals surface area (Å²) in [5.74, 6) is 0.0187. The van der Waals surface area contributed by atoms with Gasteiger partial charge in [0.1, 0.15) is 12.4 Å². The number of carbonyl (C=O) groups is 2. The van der Waals surface area contributed by atoms with Crippen LogP contribution in [0.4, 0.5) is 4.79 Å². The molecule has 146 valence electrons. The van der Waals surface area contributed by atoms with Crippen LogP contribution in [-0.2, 0) is 22.8 Å². The van der Waals surface area contributed by atoms with E-state index in [0.717, 1.165) is 22.2 Å². The van der Waals surface area contributed by atoms with Crippen LogP contribution in [-0.4, -0.2) is 18.0 Å². The van der Waals surface area contributed by atoms with Crippen molar-refractivity contribution in [3.05, 3.63) is 70.1 Å². The summed E-state index contributed by atoms with van der Waals surface area (Å²) in [6.45, 7) is 2.27. The summed E-state index contributed by atoms with van der Waals surface area (Å²) in [5.41, 5.74) is 12.8. The molecule has 2 aromatic rings. The first kappa shape index (κ1) is 21.3. The van der Waals surface area contributed by atoms with Crippen LogP contribution in [0.1, 0.15) is 18.1 Å². The van der Waals surface area contributed by atoms with Crippen molar-refractivity contribution >= 4 is 26.5 Å². The van der Waals surface area contributed by atoms with Crippen LogP contribution in [0, 0.1) is 0 Å². The highest BCUT2D eigenvalue weighted by molar-refractivity contribution is 7.27.